The van der Waals surface area contributed by atoms with Gasteiger partial charge >= 0.3 is 6.09 Å². The molecule has 2 amide bonds. The number of aliphatic hydroxyl groups excluding tert-OH is 1. The van der Waals surface area contributed by atoms with Gasteiger partial charge < -0.3 is 29.6 Å². The average Bonchev–Trinajstić information content (AvgIpc) is 3.54. The van der Waals surface area contributed by atoms with Crippen molar-refractivity contribution < 1.29 is 19.8 Å². The Kier molecular flexibility index (Phi) is 5.44. The number of hydrogen-bond acceptors (Lipinski definition) is 4. The van der Waals surface area contributed by atoms with Crippen molar-refractivity contribution in [1.29, 1.82) is 0 Å². The Balaban J connectivity index is 1.34. The predicted octanol–water partition coefficient (Wildman–Crippen LogP) is 3.45. The van der Waals surface area contributed by atoms with Crippen LogP contribution in [0.2, 0.25) is 0 Å². The first-order valence-corrected chi connectivity index (χ1v) is 12.4. The second-order valence-corrected chi connectivity index (χ2v) is 10.0. The van der Waals surface area contributed by atoms with Gasteiger partial charge in [-0.15, -0.1) is 0 Å². The largest absolute Gasteiger partial charge is 0.465 e. The van der Waals surface area contributed by atoms with Crippen LogP contribution in [-0.2, 0) is 13.6 Å². The molecule has 36 heavy (non-hydrogen) atoms. The molecule has 1 aliphatic carbocycles. The highest BCUT2D eigenvalue weighted by Crippen LogP contribution is 2.36. The van der Waals surface area contributed by atoms with Crippen LogP contribution in [-0.4, -0.2) is 66.5 Å². The third kappa shape index (κ3) is 3.99. The maximum Gasteiger partial charge on any atom is 0.405 e. The van der Waals surface area contributed by atoms with Gasteiger partial charge in [-0.2, -0.15) is 0 Å². The van der Waals surface area contributed by atoms with E-state index in [0.717, 1.165) is 29.1 Å². The molecule has 186 valence electrons. The molecule has 3 heterocycles. The van der Waals surface area contributed by atoms with E-state index in [1.54, 1.807) is 17.0 Å². The third-order valence-corrected chi connectivity index (χ3v) is 7.48. The van der Waals surface area contributed by atoms with Crippen LogP contribution < -0.4 is 5.32 Å². The summed E-state index contributed by atoms with van der Waals surface area (Å²) in [5.74, 6) is 1.37. The van der Waals surface area contributed by atoms with Crippen LogP contribution >= 0.6 is 0 Å². The molecule has 1 saturated carbocycles. The van der Waals surface area contributed by atoms with Gasteiger partial charge in [0.15, 0.2) is 5.82 Å². The molecule has 3 N–H and O–H groups in total. The molecule has 9 heteroatoms. The van der Waals surface area contributed by atoms with E-state index in [-0.39, 0.29) is 12.5 Å². The number of nitrogens with zero attached hydrogens (tertiary/aromatic N) is 4. The van der Waals surface area contributed by atoms with Crippen molar-refractivity contribution in [2.45, 2.75) is 38.0 Å². The number of rotatable bonds is 5. The van der Waals surface area contributed by atoms with Gasteiger partial charge in [0.1, 0.15) is 0 Å². The van der Waals surface area contributed by atoms with E-state index in [4.69, 9.17) is 10.1 Å². The van der Waals surface area contributed by atoms with Crippen molar-refractivity contribution in [3.8, 4) is 11.5 Å². The van der Waals surface area contributed by atoms with E-state index in [9.17, 15) is 14.7 Å². The van der Waals surface area contributed by atoms with Gasteiger partial charge in [-0.1, -0.05) is 18.2 Å². The number of likely N-dealkylation sites (tertiary alicyclic amines) is 1. The topological polar surface area (TPSA) is 113 Å². The van der Waals surface area contributed by atoms with Crippen molar-refractivity contribution in [2.75, 3.05) is 13.1 Å². The van der Waals surface area contributed by atoms with Crippen LogP contribution in [0.1, 0.15) is 29.6 Å². The number of amides is 2. The number of aryl methyl sites for hydroxylation is 1. The van der Waals surface area contributed by atoms with Gasteiger partial charge in [0.05, 0.1) is 28.9 Å². The first-order chi connectivity index (χ1) is 17.4. The summed E-state index contributed by atoms with van der Waals surface area (Å²) >= 11 is 0. The van der Waals surface area contributed by atoms with E-state index in [2.05, 4.69) is 44.8 Å². The van der Waals surface area contributed by atoms with E-state index >= 15 is 0 Å². The average molecular weight is 488 g/mol. The fourth-order valence-corrected chi connectivity index (χ4v) is 5.32. The van der Waals surface area contributed by atoms with Crippen molar-refractivity contribution >= 4 is 33.9 Å². The Hall–Kier alpha value is -3.85. The van der Waals surface area contributed by atoms with E-state index < -0.39 is 18.2 Å². The molecule has 1 saturated heterocycles. The van der Waals surface area contributed by atoms with Crippen LogP contribution in [0.15, 0.2) is 48.5 Å². The normalized spacial score (nSPS) is 20.2. The molecule has 2 fully saturated rings. The Morgan fingerprint density at radius 2 is 1.89 bits per heavy atom. The summed E-state index contributed by atoms with van der Waals surface area (Å²) in [5, 5.41) is 22.7. The summed E-state index contributed by atoms with van der Waals surface area (Å²) in [6.45, 7) is 1.46. The van der Waals surface area contributed by atoms with Crippen molar-refractivity contribution in [2.24, 2.45) is 13.0 Å². The number of carboxylic acid groups (broad SMARTS) is 1. The third-order valence-electron chi connectivity index (χ3n) is 7.48. The standard InChI is InChI=1S/C27H29N5O4/c1-30-22-9-8-18(26(34)31-11-10-24(33)20(15-31)29-27(35)36)12-19(22)28-25(30)23-13-17-4-2-3-5-21(17)32(23)14-16-6-7-16/h2-5,8-9,12-13,16,20,24,29,33H,6-7,10-11,14-15H2,1H3,(H,35,36). The zero-order valence-electron chi connectivity index (χ0n) is 20.1. The van der Waals surface area contributed by atoms with Crippen LogP contribution in [0.25, 0.3) is 33.5 Å². The molecule has 1 aliphatic heterocycles. The number of piperidine rings is 1. The summed E-state index contributed by atoms with van der Waals surface area (Å²) in [4.78, 5) is 30.9. The maximum absolute atomic E-state index is 13.3. The minimum absolute atomic E-state index is 0.124. The number of para-hydroxylation sites is 1. The van der Waals surface area contributed by atoms with Gasteiger partial charge in [0, 0.05) is 43.1 Å². The Bertz CT molecular complexity index is 1480. The van der Waals surface area contributed by atoms with E-state index in [0.29, 0.717) is 24.4 Å². The second-order valence-electron chi connectivity index (χ2n) is 10.0. The first kappa shape index (κ1) is 22.6. The lowest BCUT2D eigenvalue weighted by molar-refractivity contribution is 0.0378. The van der Waals surface area contributed by atoms with Crippen molar-refractivity contribution in [1.82, 2.24) is 24.3 Å². The smallest absolute Gasteiger partial charge is 0.405 e. The molecule has 0 bridgehead atoms. The SMILES string of the molecule is Cn1c(-c2cc3ccccc3n2CC2CC2)nc2cc(C(=O)N3CCC(O)C(NC(=O)O)C3)ccc21. The molecule has 2 unspecified atom stereocenters. The van der Waals surface area contributed by atoms with Crippen molar-refractivity contribution in [3.63, 3.8) is 0 Å². The van der Waals surface area contributed by atoms with Gasteiger partial charge in [-0.25, -0.2) is 9.78 Å². The number of nitrogens with one attached hydrogen (secondary N) is 1. The monoisotopic (exact) mass is 487 g/mol. The summed E-state index contributed by atoms with van der Waals surface area (Å²) in [6.07, 6.45) is 0.813. The highest BCUT2D eigenvalue weighted by molar-refractivity contribution is 5.98. The van der Waals surface area contributed by atoms with Gasteiger partial charge in [-0.3, -0.25) is 4.79 Å². The lowest BCUT2D eigenvalue weighted by Gasteiger charge is -2.36. The molecule has 6 rings (SSSR count). The highest BCUT2D eigenvalue weighted by Gasteiger charge is 2.32. The van der Waals surface area contributed by atoms with E-state index in [1.807, 2.05) is 13.1 Å². The summed E-state index contributed by atoms with van der Waals surface area (Å²) < 4.78 is 4.44. The zero-order valence-corrected chi connectivity index (χ0v) is 20.1. The van der Waals surface area contributed by atoms with Crippen LogP contribution in [0, 0.1) is 5.92 Å². The molecular weight excluding hydrogens is 458 g/mol. The molecular formula is C27H29N5O4. The number of carbonyl (C=O) groups excluding carboxylic acids is 1. The van der Waals surface area contributed by atoms with Gasteiger partial charge in [0.2, 0.25) is 0 Å². The minimum atomic E-state index is -1.21. The molecule has 0 spiro atoms. The molecule has 0 radical (unpaired) electrons. The number of aliphatic hydroxyl groups is 1. The number of carbonyl (C=O) groups is 2. The summed E-state index contributed by atoms with van der Waals surface area (Å²) in [6, 6.07) is 15.4. The fourth-order valence-electron chi connectivity index (χ4n) is 5.32. The fraction of sp³-hybridized carbons (Fsp3) is 0.370. The highest BCUT2D eigenvalue weighted by atomic mass is 16.4. The lowest BCUT2D eigenvalue weighted by Crippen LogP contribution is -2.56. The number of imidazole rings is 1. The van der Waals surface area contributed by atoms with Crippen LogP contribution in [0.4, 0.5) is 4.79 Å². The number of benzene rings is 2. The number of hydrogen-bond donors (Lipinski definition) is 3. The Morgan fingerprint density at radius 1 is 1.08 bits per heavy atom. The quantitative estimate of drug-likeness (QED) is 0.399. The second kappa shape index (κ2) is 8.67. The van der Waals surface area contributed by atoms with Crippen molar-refractivity contribution in [3.05, 3.63) is 54.1 Å². The van der Waals surface area contributed by atoms with Crippen LogP contribution in [0.5, 0.6) is 0 Å². The lowest BCUT2D eigenvalue weighted by atomic mass is 10.0. The molecule has 2 aromatic carbocycles. The zero-order chi connectivity index (χ0) is 25.0. The Labute approximate surface area is 207 Å². The number of fused-ring (bicyclic) bond motifs is 2. The summed E-state index contributed by atoms with van der Waals surface area (Å²) in [5.41, 5.74) is 4.45. The predicted molar refractivity (Wildman–Crippen MR) is 136 cm³/mol. The molecule has 9 nitrogen and oxygen atoms in total. The molecule has 2 aliphatic rings. The Morgan fingerprint density at radius 3 is 2.67 bits per heavy atom. The molecule has 2 aromatic heterocycles. The van der Waals surface area contributed by atoms with Gasteiger partial charge in [0.25, 0.3) is 5.91 Å². The van der Waals surface area contributed by atoms with E-state index in [1.165, 1.54) is 23.7 Å². The summed E-state index contributed by atoms with van der Waals surface area (Å²) in [7, 11) is 2.00. The molecule has 4 aromatic rings. The number of aromatic nitrogens is 3. The first-order valence-electron chi connectivity index (χ1n) is 12.4. The van der Waals surface area contributed by atoms with Crippen LogP contribution in [0.3, 0.4) is 0 Å². The maximum atomic E-state index is 13.3. The molecule has 2 atom stereocenters. The minimum Gasteiger partial charge on any atom is -0.465 e. The van der Waals surface area contributed by atoms with Gasteiger partial charge in [-0.05, 0) is 55.5 Å².